The minimum atomic E-state index is -1.21. The molecule has 1 aliphatic rings. The van der Waals surface area contributed by atoms with Crippen molar-refractivity contribution in [2.75, 3.05) is 13.1 Å². The number of aliphatic carboxylic acids is 2. The SMILES string of the molecule is O=C(O)C=CC(=O)NCCCC[C@@H]1NC(=O)[C@H](CCCCNC(=O)/C=C/C(=O)O)NC1=O. The van der Waals surface area contributed by atoms with Crippen LogP contribution >= 0.6 is 0 Å². The van der Waals surface area contributed by atoms with E-state index in [0.29, 0.717) is 51.6 Å². The molecule has 0 radical (unpaired) electrons. The summed E-state index contributed by atoms with van der Waals surface area (Å²) in [4.78, 5) is 67.7. The summed E-state index contributed by atoms with van der Waals surface area (Å²) in [5.41, 5.74) is 0. The number of carboxylic acids is 2. The van der Waals surface area contributed by atoms with Crippen molar-refractivity contribution in [1.29, 1.82) is 0 Å². The Morgan fingerprint density at radius 2 is 1.06 bits per heavy atom. The summed E-state index contributed by atoms with van der Waals surface area (Å²) in [5.74, 6) is -4.03. The Morgan fingerprint density at radius 3 is 1.41 bits per heavy atom. The van der Waals surface area contributed by atoms with Crippen LogP contribution in [-0.4, -0.2) is 71.0 Å². The molecule has 0 aliphatic carbocycles. The largest absolute Gasteiger partial charge is 0.478 e. The Hall–Kier alpha value is -3.70. The van der Waals surface area contributed by atoms with Gasteiger partial charge in [0.25, 0.3) is 0 Å². The standard InChI is InChI=1S/C20H28N4O8/c25-15(7-9-17(27)28)21-11-3-1-5-13-19(31)24-14(20(32)23-13)6-2-4-12-22-16(26)8-10-18(29)30/h7-10,13-14H,1-6,11-12H2,(H,21,25)(H,22,26)(H,23,32)(H,24,31)(H,27,28)(H,29,30)/b9-7+,10-8?/t13-,14-/m0/s1. The third kappa shape index (κ3) is 11.5. The van der Waals surface area contributed by atoms with Crippen molar-refractivity contribution in [2.24, 2.45) is 0 Å². The molecule has 1 aliphatic heterocycles. The number of carboxylic acid groups (broad SMARTS) is 2. The third-order valence-corrected chi connectivity index (χ3v) is 4.46. The van der Waals surface area contributed by atoms with Crippen LogP contribution in [-0.2, 0) is 28.8 Å². The predicted octanol–water partition coefficient (Wildman–Crippen LogP) is -1.18. The van der Waals surface area contributed by atoms with Crippen molar-refractivity contribution < 1.29 is 39.0 Å². The van der Waals surface area contributed by atoms with Crippen LogP contribution in [0.5, 0.6) is 0 Å². The molecule has 1 heterocycles. The van der Waals surface area contributed by atoms with Crippen LogP contribution in [0.4, 0.5) is 0 Å². The zero-order valence-corrected chi connectivity index (χ0v) is 17.5. The lowest BCUT2D eigenvalue weighted by atomic mass is 10.0. The Balaban J connectivity index is 2.20. The molecule has 0 saturated carbocycles. The number of hydrogen-bond donors (Lipinski definition) is 6. The highest BCUT2D eigenvalue weighted by molar-refractivity contribution is 5.97. The van der Waals surface area contributed by atoms with Crippen LogP contribution in [0, 0.1) is 0 Å². The van der Waals surface area contributed by atoms with Crippen LogP contribution in [0.25, 0.3) is 0 Å². The van der Waals surface area contributed by atoms with Crippen LogP contribution in [0.3, 0.4) is 0 Å². The molecule has 1 fully saturated rings. The maximum Gasteiger partial charge on any atom is 0.328 e. The van der Waals surface area contributed by atoms with Crippen LogP contribution < -0.4 is 21.3 Å². The van der Waals surface area contributed by atoms with Gasteiger partial charge in [0.2, 0.25) is 23.6 Å². The van der Waals surface area contributed by atoms with E-state index in [2.05, 4.69) is 21.3 Å². The van der Waals surface area contributed by atoms with E-state index >= 15 is 0 Å². The number of rotatable bonds is 14. The Bertz CT molecular complexity index is 714. The highest BCUT2D eigenvalue weighted by Crippen LogP contribution is 2.10. The first-order valence-electron chi connectivity index (χ1n) is 10.2. The van der Waals surface area contributed by atoms with Gasteiger partial charge in [0, 0.05) is 37.4 Å². The summed E-state index contributed by atoms with van der Waals surface area (Å²) < 4.78 is 0. The smallest absolute Gasteiger partial charge is 0.328 e. The van der Waals surface area contributed by atoms with Gasteiger partial charge in [-0.3, -0.25) is 19.2 Å². The molecule has 12 heteroatoms. The molecule has 6 N–H and O–H groups in total. The van der Waals surface area contributed by atoms with Crippen molar-refractivity contribution in [2.45, 2.75) is 50.6 Å². The summed E-state index contributed by atoms with van der Waals surface area (Å²) in [7, 11) is 0. The van der Waals surface area contributed by atoms with E-state index in [-0.39, 0.29) is 11.8 Å². The molecule has 0 spiro atoms. The Morgan fingerprint density at radius 1 is 0.688 bits per heavy atom. The van der Waals surface area contributed by atoms with Gasteiger partial charge >= 0.3 is 11.9 Å². The average molecular weight is 452 g/mol. The molecular weight excluding hydrogens is 424 g/mol. The first-order valence-corrected chi connectivity index (χ1v) is 10.2. The molecule has 0 unspecified atom stereocenters. The maximum absolute atomic E-state index is 12.2. The predicted molar refractivity (Wildman–Crippen MR) is 111 cm³/mol. The van der Waals surface area contributed by atoms with Crippen molar-refractivity contribution in [3.8, 4) is 0 Å². The fourth-order valence-corrected chi connectivity index (χ4v) is 2.86. The van der Waals surface area contributed by atoms with Crippen molar-refractivity contribution in [3.05, 3.63) is 24.3 Å². The lowest BCUT2D eigenvalue weighted by Gasteiger charge is -2.29. The lowest BCUT2D eigenvalue weighted by molar-refractivity contribution is -0.137. The minimum absolute atomic E-state index is 0.282. The van der Waals surface area contributed by atoms with Gasteiger partial charge in [-0.05, 0) is 38.5 Å². The second kappa shape index (κ2) is 14.3. The zero-order valence-electron chi connectivity index (χ0n) is 17.5. The van der Waals surface area contributed by atoms with E-state index in [0.717, 1.165) is 24.3 Å². The van der Waals surface area contributed by atoms with Crippen molar-refractivity contribution >= 4 is 35.6 Å². The summed E-state index contributed by atoms with van der Waals surface area (Å²) in [6.45, 7) is 0.632. The van der Waals surface area contributed by atoms with Gasteiger partial charge in [-0.1, -0.05) is 0 Å². The fourth-order valence-electron chi connectivity index (χ4n) is 2.86. The fraction of sp³-hybridized carbons (Fsp3) is 0.500. The van der Waals surface area contributed by atoms with E-state index in [1.165, 1.54) is 0 Å². The van der Waals surface area contributed by atoms with E-state index < -0.39 is 35.8 Å². The van der Waals surface area contributed by atoms with Gasteiger partial charge in [0.1, 0.15) is 12.1 Å². The number of unbranched alkanes of at least 4 members (excludes halogenated alkanes) is 2. The number of hydrogen-bond acceptors (Lipinski definition) is 6. The Labute approximate surface area is 184 Å². The summed E-state index contributed by atoms with van der Waals surface area (Å²) >= 11 is 0. The van der Waals surface area contributed by atoms with Crippen molar-refractivity contribution in [3.63, 3.8) is 0 Å². The molecule has 176 valence electrons. The minimum Gasteiger partial charge on any atom is -0.478 e. The zero-order chi connectivity index (χ0) is 23.9. The van der Waals surface area contributed by atoms with Gasteiger partial charge in [0.15, 0.2) is 0 Å². The normalized spacial score (nSPS) is 18.2. The van der Waals surface area contributed by atoms with Gasteiger partial charge in [-0.25, -0.2) is 9.59 Å². The third-order valence-electron chi connectivity index (χ3n) is 4.46. The topological polar surface area (TPSA) is 191 Å². The summed E-state index contributed by atoms with van der Waals surface area (Å²) in [6.07, 6.45) is 6.38. The number of amides is 4. The molecule has 0 aromatic carbocycles. The number of nitrogens with one attached hydrogen (secondary N) is 4. The molecule has 0 aromatic rings. The van der Waals surface area contributed by atoms with E-state index in [9.17, 15) is 28.8 Å². The second-order valence-corrected chi connectivity index (χ2v) is 7.04. The molecule has 1 rings (SSSR count). The van der Waals surface area contributed by atoms with Gasteiger partial charge in [0.05, 0.1) is 0 Å². The average Bonchev–Trinajstić information content (AvgIpc) is 2.73. The lowest BCUT2D eigenvalue weighted by Crippen LogP contribution is -2.61. The molecular formula is C20H28N4O8. The van der Waals surface area contributed by atoms with E-state index in [4.69, 9.17) is 10.2 Å². The van der Waals surface area contributed by atoms with E-state index in [1.807, 2.05) is 0 Å². The monoisotopic (exact) mass is 452 g/mol. The molecule has 32 heavy (non-hydrogen) atoms. The summed E-state index contributed by atoms with van der Waals surface area (Å²) in [6, 6.07) is -1.30. The summed E-state index contributed by atoms with van der Waals surface area (Å²) in [5, 5.41) is 27.3. The molecule has 4 amide bonds. The number of carbonyl (C=O) groups excluding carboxylic acids is 4. The van der Waals surface area contributed by atoms with Gasteiger partial charge < -0.3 is 31.5 Å². The van der Waals surface area contributed by atoms with Crippen LogP contribution in [0.15, 0.2) is 24.3 Å². The highest BCUT2D eigenvalue weighted by Gasteiger charge is 2.32. The van der Waals surface area contributed by atoms with Crippen LogP contribution in [0.1, 0.15) is 38.5 Å². The van der Waals surface area contributed by atoms with Gasteiger partial charge in [-0.2, -0.15) is 0 Å². The quantitative estimate of drug-likeness (QED) is 0.140. The first kappa shape index (κ1) is 26.3. The molecule has 1 saturated heterocycles. The number of piperazine rings is 1. The molecule has 12 nitrogen and oxygen atoms in total. The highest BCUT2D eigenvalue weighted by atomic mass is 16.4. The Kier molecular flexibility index (Phi) is 11.8. The molecule has 2 atom stereocenters. The first-order chi connectivity index (χ1) is 15.2. The maximum atomic E-state index is 12.2. The van der Waals surface area contributed by atoms with E-state index in [1.54, 1.807) is 0 Å². The molecule has 0 aromatic heterocycles. The van der Waals surface area contributed by atoms with Gasteiger partial charge in [-0.15, -0.1) is 0 Å². The van der Waals surface area contributed by atoms with Crippen molar-refractivity contribution in [1.82, 2.24) is 21.3 Å². The number of carbonyl (C=O) groups is 6. The van der Waals surface area contributed by atoms with Crippen LogP contribution in [0.2, 0.25) is 0 Å². The molecule has 0 bridgehead atoms. The second-order valence-electron chi connectivity index (χ2n) is 7.04.